The van der Waals surface area contributed by atoms with Crippen LogP contribution in [-0.4, -0.2) is 18.7 Å². The first kappa shape index (κ1) is 17.7. The standard InChI is InChI=1S/C22H22N2O2/c1-15-11-12-16(2)22(17(15)3)26-14-21(25)24-23-13-19-9-6-8-18-7-4-5-10-20(18)19/h4-13H,14H2,1-3H3,(H,24,25). The molecule has 3 aromatic rings. The molecule has 0 aliphatic heterocycles. The van der Waals surface area contributed by atoms with Crippen molar-refractivity contribution in [1.82, 2.24) is 5.43 Å². The van der Waals surface area contributed by atoms with Gasteiger partial charge in [0.25, 0.3) is 5.91 Å². The average molecular weight is 346 g/mol. The van der Waals surface area contributed by atoms with E-state index >= 15 is 0 Å². The average Bonchev–Trinajstić information content (AvgIpc) is 2.65. The molecule has 1 N–H and O–H groups in total. The van der Waals surface area contributed by atoms with Crippen LogP contribution >= 0.6 is 0 Å². The van der Waals surface area contributed by atoms with Crippen molar-refractivity contribution in [2.45, 2.75) is 20.8 Å². The van der Waals surface area contributed by atoms with Gasteiger partial charge in [0.15, 0.2) is 6.61 Å². The maximum atomic E-state index is 12.0. The van der Waals surface area contributed by atoms with Crippen LogP contribution in [0.2, 0.25) is 0 Å². The summed E-state index contributed by atoms with van der Waals surface area (Å²) in [6, 6.07) is 18.1. The Bertz CT molecular complexity index is 972. The molecule has 0 saturated carbocycles. The van der Waals surface area contributed by atoms with Crippen LogP contribution in [0.1, 0.15) is 22.3 Å². The van der Waals surface area contributed by atoms with Crippen LogP contribution in [0.25, 0.3) is 10.8 Å². The highest BCUT2D eigenvalue weighted by Crippen LogP contribution is 2.25. The molecule has 26 heavy (non-hydrogen) atoms. The molecule has 0 fully saturated rings. The molecule has 4 heteroatoms. The number of aryl methyl sites for hydroxylation is 2. The van der Waals surface area contributed by atoms with E-state index in [1.807, 2.05) is 75.4 Å². The number of nitrogens with one attached hydrogen (secondary N) is 1. The lowest BCUT2D eigenvalue weighted by Gasteiger charge is -2.13. The van der Waals surface area contributed by atoms with Gasteiger partial charge in [0.05, 0.1) is 6.21 Å². The van der Waals surface area contributed by atoms with Gasteiger partial charge in [-0.2, -0.15) is 5.10 Å². The van der Waals surface area contributed by atoms with Crippen molar-refractivity contribution in [2.24, 2.45) is 5.10 Å². The molecule has 4 nitrogen and oxygen atoms in total. The summed E-state index contributed by atoms with van der Waals surface area (Å²) < 4.78 is 5.70. The molecular formula is C22H22N2O2. The predicted octanol–water partition coefficient (Wildman–Crippen LogP) is 4.29. The second-order valence-corrected chi connectivity index (χ2v) is 6.30. The number of carbonyl (C=O) groups excluding carboxylic acids is 1. The molecule has 0 spiro atoms. The molecular weight excluding hydrogens is 324 g/mol. The normalized spacial score (nSPS) is 11.0. The molecule has 3 rings (SSSR count). The van der Waals surface area contributed by atoms with Crippen molar-refractivity contribution in [3.63, 3.8) is 0 Å². The first-order valence-corrected chi connectivity index (χ1v) is 8.55. The molecule has 132 valence electrons. The quantitative estimate of drug-likeness (QED) is 0.553. The monoisotopic (exact) mass is 346 g/mol. The van der Waals surface area contributed by atoms with E-state index in [-0.39, 0.29) is 12.5 Å². The Hall–Kier alpha value is -3.14. The van der Waals surface area contributed by atoms with Crippen LogP contribution in [0, 0.1) is 20.8 Å². The molecule has 0 unspecified atom stereocenters. The Morgan fingerprint density at radius 2 is 1.73 bits per heavy atom. The number of benzene rings is 3. The van der Waals surface area contributed by atoms with Crippen LogP contribution in [0.3, 0.4) is 0 Å². The lowest BCUT2D eigenvalue weighted by atomic mass is 10.1. The number of carbonyl (C=O) groups is 1. The molecule has 0 aliphatic rings. The van der Waals surface area contributed by atoms with E-state index in [4.69, 9.17) is 4.74 Å². The molecule has 0 aromatic heterocycles. The van der Waals surface area contributed by atoms with Crippen LogP contribution in [-0.2, 0) is 4.79 Å². The number of amides is 1. The van der Waals surface area contributed by atoms with Gasteiger partial charge in [-0.1, -0.05) is 54.6 Å². The van der Waals surface area contributed by atoms with Gasteiger partial charge in [-0.05, 0) is 48.2 Å². The van der Waals surface area contributed by atoms with Crippen molar-refractivity contribution in [2.75, 3.05) is 6.61 Å². The van der Waals surface area contributed by atoms with Crippen LogP contribution in [0.4, 0.5) is 0 Å². The molecule has 0 atom stereocenters. The summed E-state index contributed by atoms with van der Waals surface area (Å²) >= 11 is 0. The fourth-order valence-corrected chi connectivity index (χ4v) is 2.85. The second-order valence-electron chi connectivity index (χ2n) is 6.30. The minimum atomic E-state index is -0.290. The first-order chi connectivity index (χ1) is 12.6. The van der Waals surface area contributed by atoms with E-state index in [0.717, 1.165) is 38.8 Å². The van der Waals surface area contributed by atoms with E-state index in [1.165, 1.54) is 0 Å². The molecule has 0 saturated heterocycles. The van der Waals surface area contributed by atoms with Gasteiger partial charge in [-0.15, -0.1) is 0 Å². The van der Waals surface area contributed by atoms with E-state index in [2.05, 4.69) is 10.5 Å². The second kappa shape index (κ2) is 7.83. The van der Waals surface area contributed by atoms with Gasteiger partial charge in [0.2, 0.25) is 0 Å². The summed E-state index contributed by atoms with van der Waals surface area (Å²) in [7, 11) is 0. The Morgan fingerprint density at radius 3 is 2.58 bits per heavy atom. The molecule has 0 bridgehead atoms. The zero-order valence-corrected chi connectivity index (χ0v) is 15.2. The number of hydrazone groups is 1. The van der Waals surface area contributed by atoms with Crippen LogP contribution in [0.5, 0.6) is 5.75 Å². The van der Waals surface area contributed by atoms with E-state index in [1.54, 1.807) is 6.21 Å². The summed E-state index contributed by atoms with van der Waals surface area (Å²) in [5.41, 5.74) is 6.68. The Balaban J connectivity index is 1.62. The third-order valence-corrected chi connectivity index (χ3v) is 4.44. The summed E-state index contributed by atoms with van der Waals surface area (Å²) in [6.45, 7) is 5.92. The molecule has 1 amide bonds. The molecule has 3 aromatic carbocycles. The van der Waals surface area contributed by atoms with Gasteiger partial charge in [-0.25, -0.2) is 5.43 Å². The number of hydrogen-bond acceptors (Lipinski definition) is 3. The zero-order valence-electron chi connectivity index (χ0n) is 15.2. The molecule has 0 radical (unpaired) electrons. The van der Waals surface area contributed by atoms with E-state index < -0.39 is 0 Å². The van der Waals surface area contributed by atoms with Crippen molar-refractivity contribution in [3.05, 3.63) is 76.9 Å². The molecule has 0 heterocycles. The lowest BCUT2D eigenvalue weighted by Crippen LogP contribution is -2.25. The largest absolute Gasteiger partial charge is 0.483 e. The van der Waals surface area contributed by atoms with Crippen molar-refractivity contribution < 1.29 is 9.53 Å². The Labute approximate surface area is 153 Å². The zero-order chi connectivity index (χ0) is 18.5. The Kier molecular flexibility index (Phi) is 5.32. The lowest BCUT2D eigenvalue weighted by molar-refractivity contribution is -0.123. The summed E-state index contributed by atoms with van der Waals surface area (Å²) in [4.78, 5) is 12.0. The van der Waals surface area contributed by atoms with Crippen molar-refractivity contribution in [3.8, 4) is 5.75 Å². The summed E-state index contributed by atoms with van der Waals surface area (Å²) in [5.74, 6) is 0.472. The van der Waals surface area contributed by atoms with Gasteiger partial charge in [0, 0.05) is 5.56 Å². The van der Waals surface area contributed by atoms with Gasteiger partial charge >= 0.3 is 0 Å². The third-order valence-electron chi connectivity index (χ3n) is 4.44. The van der Waals surface area contributed by atoms with Crippen LogP contribution in [0.15, 0.2) is 59.7 Å². The smallest absolute Gasteiger partial charge is 0.277 e. The number of nitrogens with zero attached hydrogens (tertiary/aromatic N) is 1. The van der Waals surface area contributed by atoms with E-state index in [0.29, 0.717) is 0 Å². The SMILES string of the molecule is Cc1ccc(C)c(OCC(=O)NN=Cc2cccc3ccccc23)c1C. The molecule has 0 aliphatic carbocycles. The fourth-order valence-electron chi connectivity index (χ4n) is 2.85. The topological polar surface area (TPSA) is 50.7 Å². The van der Waals surface area contributed by atoms with Crippen LogP contribution < -0.4 is 10.2 Å². The Morgan fingerprint density at radius 1 is 1.00 bits per heavy atom. The van der Waals surface area contributed by atoms with Crippen molar-refractivity contribution >= 4 is 22.9 Å². The van der Waals surface area contributed by atoms with Gasteiger partial charge < -0.3 is 4.74 Å². The summed E-state index contributed by atoms with van der Waals surface area (Å²) in [5, 5.41) is 6.29. The minimum Gasteiger partial charge on any atom is -0.483 e. The number of rotatable bonds is 5. The van der Waals surface area contributed by atoms with Gasteiger partial charge in [-0.3, -0.25) is 4.79 Å². The predicted molar refractivity (Wildman–Crippen MR) is 106 cm³/mol. The van der Waals surface area contributed by atoms with Crippen molar-refractivity contribution in [1.29, 1.82) is 0 Å². The minimum absolute atomic E-state index is 0.0714. The maximum Gasteiger partial charge on any atom is 0.277 e. The third kappa shape index (κ3) is 3.91. The fraction of sp³-hybridized carbons (Fsp3) is 0.182. The first-order valence-electron chi connectivity index (χ1n) is 8.55. The maximum absolute atomic E-state index is 12.0. The van der Waals surface area contributed by atoms with Gasteiger partial charge in [0.1, 0.15) is 5.75 Å². The number of hydrogen-bond donors (Lipinski definition) is 1. The van der Waals surface area contributed by atoms with E-state index in [9.17, 15) is 4.79 Å². The highest BCUT2D eigenvalue weighted by Gasteiger charge is 2.08. The summed E-state index contributed by atoms with van der Waals surface area (Å²) in [6.07, 6.45) is 1.66. The number of ether oxygens (including phenoxy) is 1. The highest BCUT2D eigenvalue weighted by atomic mass is 16.5. The number of fused-ring (bicyclic) bond motifs is 1. The highest BCUT2D eigenvalue weighted by molar-refractivity contribution is 5.99.